The molecule has 0 N–H and O–H groups in total. The van der Waals surface area contributed by atoms with E-state index in [9.17, 15) is 0 Å². The number of thiazole rings is 1. The molecular weight excluding hydrogens is 202 g/mol. The molecule has 0 spiro atoms. The Bertz CT molecular complexity index is 428. The van der Waals surface area contributed by atoms with Crippen LogP contribution in [0.3, 0.4) is 0 Å². The largest absolute Gasteiger partial charge is 0.244 e. The molecule has 0 unspecified atom stereocenters. The lowest BCUT2D eigenvalue weighted by Crippen LogP contribution is -1.84. The molecule has 2 rings (SSSR count). The van der Waals surface area contributed by atoms with E-state index in [-0.39, 0.29) is 0 Å². The van der Waals surface area contributed by atoms with Crippen molar-refractivity contribution in [2.24, 2.45) is 0 Å². The van der Waals surface area contributed by atoms with Crippen molar-refractivity contribution >= 4 is 11.3 Å². The fourth-order valence-corrected chi connectivity index (χ4v) is 2.30. The third-order valence-electron chi connectivity index (χ3n) is 2.51. The van der Waals surface area contributed by atoms with Crippen molar-refractivity contribution in [3.8, 4) is 11.3 Å². The van der Waals surface area contributed by atoms with Gasteiger partial charge < -0.3 is 0 Å². The zero-order valence-corrected chi connectivity index (χ0v) is 9.97. The van der Waals surface area contributed by atoms with Crippen LogP contribution in [-0.2, 0) is 6.42 Å². The van der Waals surface area contributed by atoms with Crippen molar-refractivity contribution in [2.75, 3.05) is 0 Å². The summed E-state index contributed by atoms with van der Waals surface area (Å²) in [7, 11) is 0. The molecule has 0 fully saturated rings. The van der Waals surface area contributed by atoms with Crippen LogP contribution in [0.5, 0.6) is 0 Å². The summed E-state index contributed by atoms with van der Waals surface area (Å²) >= 11 is 1.70. The van der Waals surface area contributed by atoms with Crippen molar-refractivity contribution in [1.29, 1.82) is 0 Å². The summed E-state index contributed by atoms with van der Waals surface area (Å²) in [5.41, 5.74) is 5.68. The highest BCUT2D eigenvalue weighted by Gasteiger charge is 2.03. The second-order valence-electron chi connectivity index (χ2n) is 3.70. The van der Waals surface area contributed by atoms with Gasteiger partial charge in [0.15, 0.2) is 0 Å². The van der Waals surface area contributed by atoms with E-state index in [1.165, 1.54) is 22.4 Å². The first-order valence-corrected chi connectivity index (χ1v) is 6.18. The molecule has 1 aromatic heterocycles. The molecule has 1 nitrogen and oxygen atoms in total. The van der Waals surface area contributed by atoms with Gasteiger partial charge >= 0.3 is 0 Å². The molecule has 0 saturated carbocycles. The van der Waals surface area contributed by atoms with E-state index in [1.807, 2.05) is 5.51 Å². The van der Waals surface area contributed by atoms with Gasteiger partial charge in [0.1, 0.15) is 0 Å². The van der Waals surface area contributed by atoms with Crippen molar-refractivity contribution in [3.05, 3.63) is 40.2 Å². The maximum absolute atomic E-state index is 4.38. The number of aromatic nitrogens is 1. The number of benzene rings is 1. The predicted octanol–water partition coefficient (Wildman–Crippen LogP) is 4.07. The molecule has 15 heavy (non-hydrogen) atoms. The van der Waals surface area contributed by atoms with Crippen LogP contribution >= 0.6 is 11.3 Å². The summed E-state index contributed by atoms with van der Waals surface area (Å²) < 4.78 is 0. The molecule has 0 aliphatic carbocycles. The molecule has 78 valence electrons. The van der Waals surface area contributed by atoms with E-state index in [0.717, 1.165) is 12.1 Å². The molecule has 2 heteroatoms. The topological polar surface area (TPSA) is 12.9 Å². The summed E-state index contributed by atoms with van der Waals surface area (Å²) in [6.45, 7) is 4.32. The van der Waals surface area contributed by atoms with Crippen molar-refractivity contribution in [3.63, 3.8) is 0 Å². The van der Waals surface area contributed by atoms with Gasteiger partial charge in [0.2, 0.25) is 0 Å². The highest BCUT2D eigenvalue weighted by molar-refractivity contribution is 7.10. The van der Waals surface area contributed by atoms with Crippen LogP contribution in [-0.4, -0.2) is 4.98 Å². The zero-order valence-electron chi connectivity index (χ0n) is 9.16. The van der Waals surface area contributed by atoms with Gasteiger partial charge in [-0.3, -0.25) is 0 Å². The van der Waals surface area contributed by atoms with Crippen LogP contribution in [0.25, 0.3) is 11.3 Å². The van der Waals surface area contributed by atoms with E-state index in [1.54, 1.807) is 11.3 Å². The SMILES string of the molecule is CCCc1ccc(-c2ncsc2C)cc1. The van der Waals surface area contributed by atoms with E-state index in [2.05, 4.69) is 43.1 Å². The smallest absolute Gasteiger partial charge is 0.0840 e. The second-order valence-corrected chi connectivity index (χ2v) is 4.76. The third kappa shape index (κ3) is 2.26. The molecule has 0 bridgehead atoms. The van der Waals surface area contributed by atoms with Crippen LogP contribution in [0.2, 0.25) is 0 Å². The van der Waals surface area contributed by atoms with E-state index in [0.29, 0.717) is 0 Å². The number of nitrogens with zero attached hydrogens (tertiary/aromatic N) is 1. The number of hydrogen-bond acceptors (Lipinski definition) is 2. The maximum Gasteiger partial charge on any atom is 0.0840 e. The summed E-state index contributed by atoms with van der Waals surface area (Å²) in [4.78, 5) is 5.67. The van der Waals surface area contributed by atoms with Crippen LogP contribution in [0.15, 0.2) is 29.8 Å². The van der Waals surface area contributed by atoms with Gasteiger partial charge in [0, 0.05) is 10.4 Å². The third-order valence-corrected chi connectivity index (χ3v) is 3.27. The lowest BCUT2D eigenvalue weighted by Gasteiger charge is -2.01. The van der Waals surface area contributed by atoms with Gasteiger partial charge in [-0.25, -0.2) is 4.98 Å². The first kappa shape index (κ1) is 10.4. The molecule has 1 heterocycles. The quantitative estimate of drug-likeness (QED) is 0.755. The molecule has 0 atom stereocenters. The highest BCUT2D eigenvalue weighted by atomic mass is 32.1. The lowest BCUT2D eigenvalue weighted by molar-refractivity contribution is 0.922. The van der Waals surface area contributed by atoms with Gasteiger partial charge in [-0.2, -0.15) is 0 Å². The van der Waals surface area contributed by atoms with Gasteiger partial charge in [0.05, 0.1) is 11.2 Å². The zero-order chi connectivity index (χ0) is 10.7. The fraction of sp³-hybridized carbons (Fsp3) is 0.308. The number of hydrogen-bond donors (Lipinski definition) is 0. The second kappa shape index (κ2) is 4.58. The van der Waals surface area contributed by atoms with Crippen LogP contribution < -0.4 is 0 Å². The Labute approximate surface area is 94.8 Å². The van der Waals surface area contributed by atoms with E-state index >= 15 is 0 Å². The molecule has 1 aromatic carbocycles. The maximum atomic E-state index is 4.38. The van der Waals surface area contributed by atoms with Gasteiger partial charge in [-0.15, -0.1) is 11.3 Å². The first-order valence-electron chi connectivity index (χ1n) is 5.30. The monoisotopic (exact) mass is 217 g/mol. The van der Waals surface area contributed by atoms with Crippen LogP contribution in [0.4, 0.5) is 0 Å². The summed E-state index contributed by atoms with van der Waals surface area (Å²) in [5, 5.41) is 0. The first-order chi connectivity index (χ1) is 7.31. The summed E-state index contributed by atoms with van der Waals surface area (Å²) in [6, 6.07) is 8.76. The van der Waals surface area contributed by atoms with Gasteiger partial charge in [-0.05, 0) is 18.9 Å². The molecule has 0 aliphatic heterocycles. The van der Waals surface area contributed by atoms with Gasteiger partial charge in [-0.1, -0.05) is 37.6 Å². The molecular formula is C13H15NS. The van der Waals surface area contributed by atoms with Crippen LogP contribution in [0.1, 0.15) is 23.8 Å². The molecule has 0 saturated heterocycles. The molecule has 0 amide bonds. The highest BCUT2D eigenvalue weighted by Crippen LogP contribution is 2.24. The van der Waals surface area contributed by atoms with E-state index in [4.69, 9.17) is 0 Å². The molecule has 0 radical (unpaired) electrons. The average Bonchev–Trinajstić information content (AvgIpc) is 2.66. The molecule has 2 aromatic rings. The Morgan fingerprint density at radius 1 is 1.20 bits per heavy atom. The minimum Gasteiger partial charge on any atom is -0.244 e. The summed E-state index contributed by atoms with van der Waals surface area (Å²) in [5.74, 6) is 0. The Balaban J connectivity index is 2.28. The Morgan fingerprint density at radius 3 is 2.47 bits per heavy atom. The van der Waals surface area contributed by atoms with E-state index < -0.39 is 0 Å². The van der Waals surface area contributed by atoms with Crippen molar-refractivity contribution < 1.29 is 0 Å². The predicted molar refractivity (Wildman–Crippen MR) is 66.3 cm³/mol. The number of rotatable bonds is 3. The van der Waals surface area contributed by atoms with Crippen molar-refractivity contribution in [1.82, 2.24) is 4.98 Å². The Kier molecular flexibility index (Phi) is 3.17. The van der Waals surface area contributed by atoms with Crippen molar-refractivity contribution in [2.45, 2.75) is 26.7 Å². The van der Waals surface area contributed by atoms with Crippen LogP contribution in [0, 0.1) is 6.92 Å². The lowest BCUT2D eigenvalue weighted by atomic mass is 10.1. The average molecular weight is 217 g/mol. The minimum atomic E-state index is 1.13. The Morgan fingerprint density at radius 2 is 1.93 bits per heavy atom. The van der Waals surface area contributed by atoms with Gasteiger partial charge in [0.25, 0.3) is 0 Å². The fourth-order valence-electron chi connectivity index (χ4n) is 1.70. The minimum absolute atomic E-state index is 1.13. The summed E-state index contributed by atoms with van der Waals surface area (Å²) in [6.07, 6.45) is 2.37. The normalized spacial score (nSPS) is 10.5. The Hall–Kier alpha value is -1.15. The number of aryl methyl sites for hydroxylation is 2. The standard InChI is InChI=1S/C13H15NS/c1-3-4-11-5-7-12(8-6-11)13-10(2)15-9-14-13/h5-9H,3-4H2,1-2H3. The molecule has 0 aliphatic rings.